The third kappa shape index (κ3) is 4.66. The van der Waals surface area contributed by atoms with Crippen molar-refractivity contribution in [2.24, 2.45) is 0 Å². The van der Waals surface area contributed by atoms with Gasteiger partial charge in [-0.05, 0) is 30.7 Å². The summed E-state index contributed by atoms with van der Waals surface area (Å²) in [5.41, 5.74) is 1.12. The van der Waals surface area contributed by atoms with Crippen LogP contribution in [0.4, 0.5) is 0 Å². The van der Waals surface area contributed by atoms with Gasteiger partial charge in [0.05, 0.1) is 5.03 Å². The summed E-state index contributed by atoms with van der Waals surface area (Å²) >= 11 is 7.25. The van der Waals surface area contributed by atoms with E-state index in [4.69, 9.17) is 12.2 Å². The first kappa shape index (κ1) is 14.6. The van der Waals surface area contributed by atoms with Crippen LogP contribution in [0.3, 0.4) is 0 Å². The molecular weight excluding hydrogens is 270 g/mol. The molecule has 0 spiro atoms. The van der Waals surface area contributed by atoms with Gasteiger partial charge < -0.3 is 5.32 Å². The van der Waals surface area contributed by atoms with Crippen LogP contribution in [0.25, 0.3) is 0 Å². The molecule has 1 aliphatic carbocycles. The Balaban J connectivity index is 1.99. The van der Waals surface area contributed by atoms with Gasteiger partial charge in [-0.15, -0.1) is 11.8 Å². The molecule has 0 amide bonds. The number of hydrogen-bond donors (Lipinski definition) is 1. The number of rotatable bonds is 5. The average Bonchev–Trinajstić information content (AvgIpc) is 2.48. The summed E-state index contributed by atoms with van der Waals surface area (Å²) in [7, 11) is 0. The van der Waals surface area contributed by atoms with Crippen LogP contribution in [-0.2, 0) is 0 Å². The van der Waals surface area contributed by atoms with Crippen LogP contribution in [0.5, 0.6) is 0 Å². The van der Waals surface area contributed by atoms with Crippen molar-refractivity contribution < 1.29 is 0 Å². The molecule has 0 unspecified atom stereocenters. The second kappa shape index (κ2) is 7.71. The highest BCUT2D eigenvalue weighted by atomic mass is 32.2. The topological polar surface area (TPSA) is 12.0 Å². The first-order valence-electron chi connectivity index (χ1n) is 6.91. The van der Waals surface area contributed by atoms with Gasteiger partial charge in [0, 0.05) is 10.9 Å². The molecule has 2 rings (SSSR count). The lowest BCUT2D eigenvalue weighted by molar-refractivity contribution is 0.402. The van der Waals surface area contributed by atoms with Crippen LogP contribution in [0.15, 0.2) is 41.4 Å². The SMILES string of the molecule is CS/C(=C/C(=S)c1ccccc1)NC1CCCCC1. The number of benzene rings is 1. The zero-order valence-corrected chi connectivity index (χ0v) is 13.0. The van der Waals surface area contributed by atoms with E-state index in [9.17, 15) is 0 Å². The minimum atomic E-state index is 0.631. The molecule has 0 aliphatic heterocycles. The van der Waals surface area contributed by atoms with Crippen molar-refractivity contribution in [1.82, 2.24) is 5.32 Å². The molecule has 1 N–H and O–H groups in total. The van der Waals surface area contributed by atoms with Crippen molar-refractivity contribution in [2.45, 2.75) is 38.1 Å². The Hall–Kier alpha value is -0.800. The molecule has 0 saturated heterocycles. The second-order valence-electron chi connectivity index (χ2n) is 4.92. The fourth-order valence-electron chi connectivity index (χ4n) is 2.41. The van der Waals surface area contributed by atoms with E-state index in [2.05, 4.69) is 29.8 Å². The quantitative estimate of drug-likeness (QED) is 0.486. The summed E-state index contributed by atoms with van der Waals surface area (Å²) in [5.74, 6) is 0. The molecule has 1 aromatic carbocycles. The molecule has 102 valence electrons. The lowest BCUT2D eigenvalue weighted by atomic mass is 9.96. The smallest absolute Gasteiger partial charge is 0.0695 e. The van der Waals surface area contributed by atoms with Gasteiger partial charge in [0.1, 0.15) is 0 Å². The normalized spacial score (nSPS) is 17.2. The Kier molecular flexibility index (Phi) is 5.93. The molecule has 1 fully saturated rings. The van der Waals surface area contributed by atoms with Crippen molar-refractivity contribution in [1.29, 1.82) is 0 Å². The molecule has 0 heterocycles. The van der Waals surface area contributed by atoms with Gasteiger partial charge in [-0.1, -0.05) is 61.8 Å². The number of thioether (sulfide) groups is 1. The highest BCUT2D eigenvalue weighted by Crippen LogP contribution is 2.21. The summed E-state index contributed by atoms with van der Waals surface area (Å²) < 4.78 is 0. The van der Waals surface area contributed by atoms with Crippen LogP contribution < -0.4 is 5.32 Å². The van der Waals surface area contributed by atoms with E-state index in [1.54, 1.807) is 11.8 Å². The molecule has 0 bridgehead atoms. The Morgan fingerprint density at radius 3 is 2.53 bits per heavy atom. The number of nitrogens with one attached hydrogen (secondary N) is 1. The van der Waals surface area contributed by atoms with Gasteiger partial charge in [-0.25, -0.2) is 0 Å². The molecule has 1 aliphatic rings. The monoisotopic (exact) mass is 291 g/mol. The van der Waals surface area contributed by atoms with E-state index in [1.165, 1.54) is 37.1 Å². The summed E-state index contributed by atoms with van der Waals surface area (Å²) in [6, 6.07) is 10.8. The van der Waals surface area contributed by atoms with Crippen molar-refractivity contribution >= 4 is 28.8 Å². The van der Waals surface area contributed by atoms with Crippen LogP contribution in [-0.4, -0.2) is 17.2 Å². The van der Waals surface area contributed by atoms with Gasteiger partial charge in [-0.3, -0.25) is 0 Å². The van der Waals surface area contributed by atoms with E-state index < -0.39 is 0 Å². The molecule has 0 radical (unpaired) electrons. The number of allylic oxidation sites excluding steroid dienone is 1. The maximum Gasteiger partial charge on any atom is 0.0695 e. The highest BCUT2D eigenvalue weighted by Gasteiger charge is 2.13. The Morgan fingerprint density at radius 1 is 1.21 bits per heavy atom. The van der Waals surface area contributed by atoms with Gasteiger partial charge in [0.2, 0.25) is 0 Å². The third-order valence-electron chi connectivity index (χ3n) is 3.49. The fourth-order valence-corrected chi connectivity index (χ4v) is 3.26. The maximum absolute atomic E-state index is 5.50. The maximum atomic E-state index is 5.50. The predicted octanol–water partition coefficient (Wildman–Crippen LogP) is 4.53. The van der Waals surface area contributed by atoms with Crippen molar-refractivity contribution in [3.8, 4) is 0 Å². The van der Waals surface area contributed by atoms with Gasteiger partial charge in [0.25, 0.3) is 0 Å². The second-order valence-corrected chi connectivity index (χ2v) is 6.21. The molecule has 1 aromatic rings. The molecule has 19 heavy (non-hydrogen) atoms. The zero-order valence-electron chi connectivity index (χ0n) is 11.4. The Morgan fingerprint density at radius 2 is 1.89 bits per heavy atom. The van der Waals surface area contributed by atoms with Gasteiger partial charge >= 0.3 is 0 Å². The minimum Gasteiger partial charge on any atom is -0.377 e. The van der Waals surface area contributed by atoms with E-state index in [0.29, 0.717) is 6.04 Å². The predicted molar refractivity (Wildman–Crippen MR) is 89.7 cm³/mol. The minimum absolute atomic E-state index is 0.631. The van der Waals surface area contributed by atoms with Gasteiger partial charge in [0.15, 0.2) is 0 Å². The third-order valence-corrected chi connectivity index (χ3v) is 4.52. The summed E-state index contributed by atoms with van der Waals surface area (Å²) in [6.07, 6.45) is 10.9. The Labute approximate surface area is 125 Å². The van der Waals surface area contributed by atoms with Crippen LogP contribution >= 0.6 is 24.0 Å². The highest BCUT2D eigenvalue weighted by molar-refractivity contribution is 8.02. The summed E-state index contributed by atoms with van der Waals surface area (Å²) in [6.45, 7) is 0. The van der Waals surface area contributed by atoms with E-state index in [1.807, 2.05) is 18.2 Å². The molecule has 0 atom stereocenters. The van der Waals surface area contributed by atoms with Crippen LogP contribution in [0.2, 0.25) is 0 Å². The van der Waals surface area contributed by atoms with E-state index in [0.717, 1.165) is 10.4 Å². The summed E-state index contributed by atoms with van der Waals surface area (Å²) in [4.78, 5) is 0.910. The van der Waals surface area contributed by atoms with Gasteiger partial charge in [-0.2, -0.15) is 0 Å². The average molecular weight is 291 g/mol. The molecule has 1 nitrogen and oxygen atoms in total. The first-order valence-corrected chi connectivity index (χ1v) is 8.54. The van der Waals surface area contributed by atoms with Crippen LogP contribution in [0.1, 0.15) is 37.7 Å². The zero-order chi connectivity index (χ0) is 13.5. The van der Waals surface area contributed by atoms with Crippen molar-refractivity contribution in [3.05, 3.63) is 47.0 Å². The lowest BCUT2D eigenvalue weighted by Gasteiger charge is -2.24. The van der Waals surface area contributed by atoms with Crippen molar-refractivity contribution in [3.63, 3.8) is 0 Å². The number of thiocarbonyl (C=S) groups is 1. The largest absolute Gasteiger partial charge is 0.377 e. The molecular formula is C16H21NS2. The standard InChI is InChI=1S/C16H21NS2/c1-19-16(17-14-10-6-3-7-11-14)12-15(18)13-8-4-2-5-9-13/h2,4-5,8-9,12,14,17H,3,6-7,10-11H2,1H3/b16-12+. The van der Waals surface area contributed by atoms with E-state index in [-0.39, 0.29) is 0 Å². The summed E-state index contributed by atoms with van der Waals surface area (Å²) in [5, 5.41) is 4.84. The first-order chi connectivity index (χ1) is 9.29. The fraction of sp³-hybridized carbons (Fsp3) is 0.438. The van der Waals surface area contributed by atoms with Crippen LogP contribution in [0, 0.1) is 0 Å². The Bertz CT molecular complexity index is 433. The number of hydrogen-bond acceptors (Lipinski definition) is 3. The molecule has 0 aromatic heterocycles. The van der Waals surface area contributed by atoms with Crippen molar-refractivity contribution in [2.75, 3.05) is 6.26 Å². The lowest BCUT2D eigenvalue weighted by Crippen LogP contribution is -2.29. The van der Waals surface area contributed by atoms with E-state index >= 15 is 0 Å². The molecule has 1 saturated carbocycles. The molecule has 3 heteroatoms.